The third kappa shape index (κ3) is 9.50. The van der Waals surface area contributed by atoms with Gasteiger partial charge in [0.05, 0.1) is 56.0 Å². The van der Waals surface area contributed by atoms with Crippen molar-refractivity contribution in [3.63, 3.8) is 0 Å². The molecule has 4 aliphatic heterocycles. The minimum atomic E-state index is -0.733. The number of methoxy groups -OCH3 is 2. The highest BCUT2D eigenvalue weighted by Gasteiger charge is 2.46. The molecular formula is C52H68N8O8. The monoisotopic (exact) mass is 933 g/mol. The Bertz CT molecular complexity index is 2460. The SMILES string of the molecule is COC(=O)N[C@H](C(=O)N1[C@@H](C)CC[C@H]1c1nc(-c2ccc(-c3ccc(-c4c[nH]c([C@@H]5CC[C@H](C)N5C(=O)[C@@H](NC(=O)OC)C5C[C@@H](C)O[C@H](C)C5)n4)c4c3CCC4)cc2)c[nH]1)C1CCO[C@H](C)C1. The number of alkyl carbamates (subject to hydrolysis) is 2. The number of fused-ring (bicyclic) bond motifs is 1. The lowest BCUT2D eigenvalue weighted by Crippen LogP contribution is -2.55. The number of hydrogen-bond acceptors (Lipinski definition) is 10. The van der Waals surface area contributed by atoms with Crippen LogP contribution >= 0.6 is 0 Å². The molecule has 2 aromatic carbocycles. The Balaban J connectivity index is 0.912. The third-order valence-electron chi connectivity index (χ3n) is 15.4. The fourth-order valence-corrected chi connectivity index (χ4v) is 12.1. The maximum Gasteiger partial charge on any atom is 0.407 e. The number of imidazole rings is 2. The van der Waals surface area contributed by atoms with Gasteiger partial charge in [0, 0.05) is 42.2 Å². The molecule has 16 nitrogen and oxygen atoms in total. The van der Waals surface area contributed by atoms with Crippen LogP contribution in [0, 0.1) is 11.8 Å². The van der Waals surface area contributed by atoms with Crippen molar-refractivity contribution in [3.8, 4) is 33.6 Å². The Morgan fingerprint density at radius 1 is 0.632 bits per heavy atom. The number of H-pyrrole nitrogens is 2. The molecule has 16 heteroatoms. The minimum Gasteiger partial charge on any atom is -0.453 e. The van der Waals surface area contributed by atoms with Gasteiger partial charge in [-0.2, -0.15) is 0 Å². The van der Waals surface area contributed by atoms with E-state index in [4.69, 9.17) is 28.9 Å². The normalized spacial score (nSPS) is 27.9. The van der Waals surface area contributed by atoms with E-state index >= 15 is 0 Å². The summed E-state index contributed by atoms with van der Waals surface area (Å²) in [6.45, 7) is 10.7. The van der Waals surface area contributed by atoms with Crippen LogP contribution in [0.2, 0.25) is 0 Å². The van der Waals surface area contributed by atoms with Gasteiger partial charge in [-0.3, -0.25) is 9.59 Å². The van der Waals surface area contributed by atoms with Crippen molar-refractivity contribution in [1.29, 1.82) is 0 Å². The molecule has 4 fully saturated rings. The van der Waals surface area contributed by atoms with Crippen LogP contribution in [0.1, 0.15) is 127 Å². The highest BCUT2D eigenvalue weighted by atomic mass is 16.5. The molecule has 5 aliphatic rings. The Morgan fingerprint density at radius 3 is 1.71 bits per heavy atom. The van der Waals surface area contributed by atoms with Gasteiger partial charge in [0.25, 0.3) is 0 Å². The molecule has 0 radical (unpaired) electrons. The van der Waals surface area contributed by atoms with Crippen molar-refractivity contribution >= 4 is 24.0 Å². The molecule has 6 heterocycles. The van der Waals surface area contributed by atoms with Crippen LogP contribution in [-0.2, 0) is 41.4 Å². The number of carbonyl (C=O) groups is 4. The van der Waals surface area contributed by atoms with Crippen molar-refractivity contribution < 1.29 is 38.1 Å². The number of aromatic nitrogens is 4. The van der Waals surface area contributed by atoms with Crippen molar-refractivity contribution in [2.75, 3.05) is 20.8 Å². The average Bonchev–Trinajstić information content (AvgIpc) is 4.20. The lowest BCUT2D eigenvalue weighted by Gasteiger charge is -2.39. The molecule has 1 unspecified atom stereocenters. The van der Waals surface area contributed by atoms with Crippen molar-refractivity contribution in [2.24, 2.45) is 11.8 Å². The molecule has 10 atom stereocenters. The molecule has 0 spiro atoms. The summed E-state index contributed by atoms with van der Waals surface area (Å²) >= 11 is 0. The molecule has 4 aromatic rings. The standard InChI is InChI=1S/C52H68N8O8/c1-28-11-19-43(59(28)49(61)45(57-51(63)65-6)35-21-22-67-30(3)23-35)47-53-26-41(55-47)34-15-13-33(14-16-34)37-17-18-40(39-10-8-9-38(37)39)42-27-54-48(56-42)44-20-12-29(2)60(44)50(62)46(58-52(64)66-7)36-24-31(4)68-32(5)25-36/h13-18,26-32,35-36,43-46H,8-12,19-25H2,1-7H3,(H,53,55)(H,54,56)(H,57,63)(H,58,64)/t28-,29-,30+,31+,32+,35?,43-,44-,45-,46-/m0/s1. The van der Waals surface area contributed by atoms with Crippen LogP contribution < -0.4 is 10.6 Å². The first-order chi connectivity index (χ1) is 32.8. The molecule has 2 aromatic heterocycles. The van der Waals surface area contributed by atoms with E-state index in [-0.39, 0.29) is 66.1 Å². The Morgan fingerprint density at radius 2 is 1.13 bits per heavy atom. The number of amides is 4. The van der Waals surface area contributed by atoms with Crippen molar-refractivity contribution in [3.05, 3.63) is 71.6 Å². The summed E-state index contributed by atoms with van der Waals surface area (Å²) in [5.41, 5.74) is 8.71. The lowest BCUT2D eigenvalue weighted by molar-refractivity contribution is -0.140. The number of aromatic amines is 2. The topological polar surface area (TPSA) is 193 Å². The van der Waals surface area contributed by atoms with E-state index in [9.17, 15) is 19.2 Å². The predicted molar refractivity (Wildman–Crippen MR) is 255 cm³/mol. The number of nitrogens with one attached hydrogen (secondary N) is 4. The summed E-state index contributed by atoms with van der Waals surface area (Å²) in [4.78, 5) is 75.0. The quantitative estimate of drug-likeness (QED) is 0.114. The summed E-state index contributed by atoms with van der Waals surface area (Å²) in [7, 11) is 2.64. The highest BCUT2D eigenvalue weighted by molar-refractivity contribution is 5.88. The number of nitrogens with zero attached hydrogens (tertiary/aromatic N) is 4. The number of hydrogen-bond donors (Lipinski definition) is 4. The summed E-state index contributed by atoms with van der Waals surface area (Å²) in [5.74, 6) is 1.11. The molecular weight excluding hydrogens is 865 g/mol. The molecule has 1 aliphatic carbocycles. The zero-order valence-electron chi connectivity index (χ0n) is 40.5. The van der Waals surface area contributed by atoms with E-state index in [2.05, 4.69) is 70.8 Å². The van der Waals surface area contributed by atoms with Gasteiger partial charge < -0.3 is 49.3 Å². The second-order valence-corrected chi connectivity index (χ2v) is 19.9. The van der Waals surface area contributed by atoms with Crippen LogP contribution in [0.3, 0.4) is 0 Å². The molecule has 4 amide bonds. The number of carbonyl (C=O) groups excluding carboxylic acids is 4. The van der Waals surface area contributed by atoms with Crippen LogP contribution in [0.25, 0.3) is 33.6 Å². The van der Waals surface area contributed by atoms with E-state index in [1.165, 1.54) is 30.9 Å². The summed E-state index contributed by atoms with van der Waals surface area (Å²) in [5, 5.41) is 5.77. The molecule has 4 N–H and O–H groups in total. The second-order valence-electron chi connectivity index (χ2n) is 19.9. The minimum absolute atomic E-state index is 0.000288. The van der Waals surface area contributed by atoms with Crippen LogP contribution in [-0.4, -0.2) is 117 Å². The summed E-state index contributed by atoms with van der Waals surface area (Å²) in [6.07, 6.45) is 11.5. The molecule has 9 rings (SSSR count). The van der Waals surface area contributed by atoms with Crippen LogP contribution in [0.4, 0.5) is 9.59 Å². The van der Waals surface area contributed by atoms with Gasteiger partial charge in [0.15, 0.2) is 0 Å². The molecule has 0 saturated carbocycles. The second kappa shape index (κ2) is 20.1. The van der Waals surface area contributed by atoms with Crippen molar-refractivity contribution in [2.45, 2.75) is 160 Å². The fourth-order valence-electron chi connectivity index (χ4n) is 12.1. The predicted octanol–water partition coefficient (Wildman–Crippen LogP) is 8.19. The Kier molecular flexibility index (Phi) is 14.0. The summed E-state index contributed by atoms with van der Waals surface area (Å²) in [6, 6.07) is 10.9. The number of likely N-dealkylation sites (tertiary alicyclic amines) is 2. The van der Waals surface area contributed by atoms with Gasteiger partial charge in [-0.05, 0) is 139 Å². The van der Waals surface area contributed by atoms with E-state index in [1.807, 2.05) is 43.0 Å². The van der Waals surface area contributed by atoms with Gasteiger partial charge in [0.2, 0.25) is 11.8 Å². The fraction of sp³-hybridized carbons (Fsp3) is 0.577. The van der Waals surface area contributed by atoms with E-state index in [0.717, 1.165) is 84.7 Å². The number of ether oxygens (including phenoxy) is 4. The highest BCUT2D eigenvalue weighted by Crippen LogP contribution is 2.42. The van der Waals surface area contributed by atoms with E-state index in [1.54, 1.807) is 0 Å². The van der Waals surface area contributed by atoms with Gasteiger partial charge in [-0.1, -0.05) is 36.4 Å². The Labute approximate surface area is 399 Å². The lowest BCUT2D eigenvalue weighted by atomic mass is 9.85. The van der Waals surface area contributed by atoms with Crippen LogP contribution in [0.5, 0.6) is 0 Å². The molecule has 4 saturated heterocycles. The van der Waals surface area contributed by atoms with Gasteiger partial charge in [-0.25, -0.2) is 19.6 Å². The van der Waals surface area contributed by atoms with Gasteiger partial charge >= 0.3 is 12.2 Å². The Hall–Kier alpha value is -5.74. The third-order valence-corrected chi connectivity index (χ3v) is 15.4. The van der Waals surface area contributed by atoms with E-state index < -0.39 is 24.3 Å². The summed E-state index contributed by atoms with van der Waals surface area (Å²) < 4.78 is 21.7. The van der Waals surface area contributed by atoms with Gasteiger partial charge in [0.1, 0.15) is 23.7 Å². The van der Waals surface area contributed by atoms with Gasteiger partial charge in [-0.15, -0.1) is 0 Å². The molecule has 364 valence electrons. The maximum atomic E-state index is 14.6. The molecule has 0 bridgehead atoms. The number of benzene rings is 2. The first-order valence-electron chi connectivity index (χ1n) is 24.8. The van der Waals surface area contributed by atoms with Crippen LogP contribution in [0.15, 0.2) is 48.8 Å². The first kappa shape index (κ1) is 47.3. The maximum absolute atomic E-state index is 14.6. The zero-order valence-corrected chi connectivity index (χ0v) is 40.5. The first-order valence-corrected chi connectivity index (χ1v) is 24.8. The van der Waals surface area contributed by atoms with Crippen molar-refractivity contribution in [1.82, 2.24) is 40.4 Å². The molecule has 68 heavy (non-hydrogen) atoms. The largest absolute Gasteiger partial charge is 0.453 e. The van der Waals surface area contributed by atoms with E-state index in [0.29, 0.717) is 32.3 Å². The zero-order chi connectivity index (χ0) is 47.8. The number of rotatable bonds is 11. The average molecular weight is 933 g/mol. The smallest absolute Gasteiger partial charge is 0.407 e.